The van der Waals surface area contributed by atoms with Gasteiger partial charge < -0.3 is 19.4 Å². The lowest BCUT2D eigenvalue weighted by Crippen LogP contribution is -2.50. The Hall–Kier alpha value is -2.64. The van der Waals surface area contributed by atoms with Crippen LogP contribution in [-0.2, 0) is 4.74 Å². The van der Waals surface area contributed by atoms with Crippen molar-refractivity contribution in [3.63, 3.8) is 0 Å². The number of hydrogen-bond acceptors (Lipinski definition) is 5. The number of aromatic nitrogens is 1. The number of pyridine rings is 1. The number of nitrogens with zero attached hydrogens (tertiary/aromatic N) is 4. The van der Waals surface area contributed by atoms with E-state index in [0.29, 0.717) is 43.9 Å². The Bertz CT molecular complexity index is 708. The molecule has 152 valence electrons. The number of amides is 3. The van der Waals surface area contributed by atoms with Crippen molar-refractivity contribution in [1.29, 1.82) is 0 Å². The lowest BCUT2D eigenvalue weighted by Gasteiger charge is -2.34. The van der Waals surface area contributed by atoms with Gasteiger partial charge in [-0.25, -0.2) is 4.79 Å². The zero-order valence-electron chi connectivity index (χ0n) is 16.4. The van der Waals surface area contributed by atoms with Crippen LogP contribution in [-0.4, -0.2) is 83.5 Å². The third-order valence-corrected chi connectivity index (χ3v) is 5.22. The fourth-order valence-electron chi connectivity index (χ4n) is 3.62. The van der Waals surface area contributed by atoms with Gasteiger partial charge in [0.1, 0.15) is 0 Å². The van der Waals surface area contributed by atoms with E-state index in [-0.39, 0.29) is 17.9 Å². The molecular weight excluding hydrogens is 360 g/mol. The van der Waals surface area contributed by atoms with Crippen LogP contribution in [0.3, 0.4) is 0 Å². The molecular formula is C20H28N4O4. The second kappa shape index (κ2) is 9.52. The Kier molecular flexibility index (Phi) is 6.84. The molecule has 0 radical (unpaired) electrons. The van der Waals surface area contributed by atoms with Crippen molar-refractivity contribution in [1.82, 2.24) is 19.7 Å². The first-order chi connectivity index (χ1) is 13.6. The predicted octanol–water partition coefficient (Wildman–Crippen LogP) is 2.01. The van der Waals surface area contributed by atoms with E-state index >= 15 is 0 Å². The molecule has 3 rings (SSSR count). The number of hydrogen-bond donors (Lipinski definition) is 0. The summed E-state index contributed by atoms with van der Waals surface area (Å²) in [6.45, 7) is 5.35. The minimum absolute atomic E-state index is 0.0591. The molecule has 8 heteroatoms. The van der Waals surface area contributed by atoms with Gasteiger partial charge in [0.2, 0.25) is 0 Å². The summed E-state index contributed by atoms with van der Waals surface area (Å²) in [5, 5.41) is 0. The highest BCUT2D eigenvalue weighted by Crippen LogP contribution is 2.15. The quantitative estimate of drug-likeness (QED) is 0.791. The zero-order valence-corrected chi connectivity index (χ0v) is 16.4. The molecule has 0 spiro atoms. The highest BCUT2D eigenvalue weighted by molar-refractivity contribution is 5.99. The summed E-state index contributed by atoms with van der Waals surface area (Å²) in [6.07, 6.45) is 7.02. The summed E-state index contributed by atoms with van der Waals surface area (Å²) in [6, 6.07) is 1.64. The zero-order chi connectivity index (χ0) is 19.9. The Labute approximate surface area is 165 Å². The first kappa shape index (κ1) is 20.1. The van der Waals surface area contributed by atoms with Crippen molar-refractivity contribution in [2.24, 2.45) is 0 Å². The van der Waals surface area contributed by atoms with E-state index in [2.05, 4.69) is 4.98 Å². The second-order valence-electron chi connectivity index (χ2n) is 7.15. The first-order valence-corrected chi connectivity index (χ1v) is 10.1. The van der Waals surface area contributed by atoms with Crippen molar-refractivity contribution >= 4 is 17.9 Å². The highest BCUT2D eigenvalue weighted by atomic mass is 16.6. The molecule has 2 aliphatic rings. The van der Waals surface area contributed by atoms with E-state index < -0.39 is 0 Å². The molecule has 8 nitrogen and oxygen atoms in total. The van der Waals surface area contributed by atoms with Crippen LogP contribution in [0.25, 0.3) is 0 Å². The van der Waals surface area contributed by atoms with E-state index in [9.17, 15) is 14.4 Å². The van der Waals surface area contributed by atoms with E-state index in [4.69, 9.17) is 4.74 Å². The maximum atomic E-state index is 12.8. The van der Waals surface area contributed by atoms with Crippen LogP contribution in [0.4, 0.5) is 4.79 Å². The van der Waals surface area contributed by atoms with Gasteiger partial charge in [-0.15, -0.1) is 0 Å². The minimum Gasteiger partial charge on any atom is -0.450 e. The maximum absolute atomic E-state index is 12.8. The van der Waals surface area contributed by atoms with Crippen molar-refractivity contribution in [3.05, 3.63) is 29.6 Å². The molecule has 0 saturated carbocycles. The van der Waals surface area contributed by atoms with Gasteiger partial charge >= 0.3 is 6.09 Å². The Morgan fingerprint density at radius 3 is 1.86 bits per heavy atom. The van der Waals surface area contributed by atoms with E-state index in [0.717, 1.165) is 38.8 Å². The lowest BCUT2D eigenvalue weighted by molar-refractivity contribution is 0.0570. The number of piperazine rings is 1. The highest BCUT2D eigenvalue weighted by Gasteiger charge is 2.26. The third-order valence-electron chi connectivity index (χ3n) is 5.22. The van der Waals surface area contributed by atoms with Gasteiger partial charge in [0.05, 0.1) is 17.7 Å². The molecule has 0 atom stereocenters. The number of rotatable bonds is 3. The Balaban J connectivity index is 1.63. The van der Waals surface area contributed by atoms with Gasteiger partial charge in [0.15, 0.2) is 0 Å². The smallest absolute Gasteiger partial charge is 0.409 e. The largest absolute Gasteiger partial charge is 0.450 e. The van der Waals surface area contributed by atoms with Crippen LogP contribution in [0.2, 0.25) is 0 Å². The predicted molar refractivity (Wildman–Crippen MR) is 103 cm³/mol. The number of carbonyl (C=O) groups excluding carboxylic acids is 3. The summed E-state index contributed by atoms with van der Waals surface area (Å²) in [5.74, 6) is -0.224. The van der Waals surface area contributed by atoms with Crippen LogP contribution < -0.4 is 0 Å². The van der Waals surface area contributed by atoms with E-state index in [1.807, 2.05) is 4.90 Å². The van der Waals surface area contributed by atoms with Crippen LogP contribution in [0.15, 0.2) is 18.5 Å². The Morgan fingerprint density at radius 2 is 1.32 bits per heavy atom. The third kappa shape index (κ3) is 4.79. The summed E-state index contributed by atoms with van der Waals surface area (Å²) in [4.78, 5) is 46.7. The second-order valence-corrected chi connectivity index (χ2v) is 7.15. The lowest BCUT2D eigenvalue weighted by atomic mass is 10.1. The summed E-state index contributed by atoms with van der Waals surface area (Å²) < 4.78 is 5.00. The molecule has 0 aliphatic carbocycles. The molecule has 0 bridgehead atoms. The molecule has 28 heavy (non-hydrogen) atoms. The van der Waals surface area contributed by atoms with Crippen LogP contribution in [0, 0.1) is 0 Å². The monoisotopic (exact) mass is 388 g/mol. The molecule has 0 N–H and O–H groups in total. The summed E-state index contributed by atoms with van der Waals surface area (Å²) in [7, 11) is 0. The molecule has 3 heterocycles. The van der Waals surface area contributed by atoms with Crippen molar-refractivity contribution in [2.45, 2.75) is 32.6 Å². The maximum Gasteiger partial charge on any atom is 0.409 e. The number of ether oxygens (including phenoxy) is 1. The van der Waals surface area contributed by atoms with Gasteiger partial charge in [-0.3, -0.25) is 14.6 Å². The van der Waals surface area contributed by atoms with Crippen molar-refractivity contribution in [2.75, 3.05) is 45.9 Å². The average molecular weight is 388 g/mol. The van der Waals surface area contributed by atoms with Crippen LogP contribution in [0.5, 0.6) is 0 Å². The average Bonchev–Trinajstić information content (AvgIpc) is 3.02. The van der Waals surface area contributed by atoms with Crippen molar-refractivity contribution < 1.29 is 19.1 Å². The fourth-order valence-corrected chi connectivity index (χ4v) is 3.62. The number of carbonyl (C=O) groups is 3. The van der Waals surface area contributed by atoms with Gasteiger partial charge in [-0.2, -0.15) is 0 Å². The SMILES string of the molecule is CCOC(=O)N1CCN(C(=O)c2cncc(C(=O)N3CCCCCC3)c2)CC1. The van der Waals surface area contributed by atoms with Gasteiger partial charge in [-0.1, -0.05) is 12.8 Å². The molecule has 2 fully saturated rings. The molecule has 0 unspecified atom stereocenters. The van der Waals surface area contributed by atoms with E-state index in [1.54, 1.807) is 22.8 Å². The van der Waals surface area contributed by atoms with Gasteiger partial charge in [0, 0.05) is 51.7 Å². The van der Waals surface area contributed by atoms with Crippen LogP contribution in [0.1, 0.15) is 53.3 Å². The van der Waals surface area contributed by atoms with Crippen LogP contribution >= 0.6 is 0 Å². The van der Waals surface area contributed by atoms with Crippen molar-refractivity contribution in [3.8, 4) is 0 Å². The summed E-state index contributed by atoms with van der Waals surface area (Å²) >= 11 is 0. The molecule has 2 saturated heterocycles. The topological polar surface area (TPSA) is 83.0 Å². The van der Waals surface area contributed by atoms with Gasteiger partial charge in [0.25, 0.3) is 11.8 Å². The van der Waals surface area contributed by atoms with Gasteiger partial charge in [-0.05, 0) is 25.8 Å². The minimum atomic E-state index is -0.346. The fraction of sp³-hybridized carbons (Fsp3) is 0.600. The molecule has 0 aromatic carbocycles. The number of likely N-dealkylation sites (tertiary alicyclic amines) is 1. The molecule has 3 amide bonds. The molecule has 2 aliphatic heterocycles. The Morgan fingerprint density at radius 1 is 0.821 bits per heavy atom. The van der Waals surface area contributed by atoms with E-state index in [1.165, 1.54) is 12.4 Å². The summed E-state index contributed by atoms with van der Waals surface area (Å²) in [5.41, 5.74) is 0.864. The normalized spacial score (nSPS) is 17.8. The standard InChI is InChI=1S/C20H28N4O4/c1-2-28-20(27)24-11-9-23(10-12-24)19(26)17-13-16(14-21-15-17)18(25)22-7-5-3-4-6-8-22/h13-15H,2-12H2,1H3. The molecule has 1 aromatic heterocycles. The molecule has 1 aromatic rings. The first-order valence-electron chi connectivity index (χ1n) is 10.1.